The SMILES string of the molecule is CCN(C(=O)/C=C/c1c(Cl)nc2sccn12)C1CCS(=O)(=O)C1. The third-order valence-electron chi connectivity index (χ3n) is 3.91. The van der Waals surface area contributed by atoms with E-state index < -0.39 is 9.84 Å². The van der Waals surface area contributed by atoms with E-state index in [9.17, 15) is 13.2 Å². The largest absolute Gasteiger partial charge is 0.335 e. The van der Waals surface area contributed by atoms with E-state index in [4.69, 9.17) is 11.6 Å². The van der Waals surface area contributed by atoms with Crippen molar-refractivity contribution in [2.75, 3.05) is 18.1 Å². The van der Waals surface area contributed by atoms with Crippen molar-refractivity contribution in [2.24, 2.45) is 0 Å². The number of rotatable bonds is 4. The van der Waals surface area contributed by atoms with Gasteiger partial charge in [0.25, 0.3) is 0 Å². The summed E-state index contributed by atoms with van der Waals surface area (Å²) < 4.78 is 25.0. The van der Waals surface area contributed by atoms with Crippen molar-refractivity contribution < 1.29 is 13.2 Å². The second-order valence-corrected chi connectivity index (χ2v) is 8.82. The molecule has 0 N–H and O–H groups in total. The number of amides is 1. The molecule has 0 saturated carbocycles. The van der Waals surface area contributed by atoms with Crippen LogP contribution in [0.1, 0.15) is 19.0 Å². The van der Waals surface area contributed by atoms with E-state index in [0.29, 0.717) is 23.8 Å². The molecule has 9 heteroatoms. The summed E-state index contributed by atoms with van der Waals surface area (Å²) in [6, 6.07) is -0.246. The number of sulfone groups is 1. The first-order valence-electron chi connectivity index (χ1n) is 7.21. The minimum atomic E-state index is -3.02. The minimum absolute atomic E-state index is 0.0443. The number of fused-ring (bicyclic) bond motifs is 1. The molecule has 3 heterocycles. The number of hydrogen-bond donors (Lipinski definition) is 0. The van der Waals surface area contributed by atoms with Crippen molar-refractivity contribution in [2.45, 2.75) is 19.4 Å². The normalized spacial score (nSPS) is 20.5. The Hall–Kier alpha value is -1.38. The van der Waals surface area contributed by atoms with Crippen LogP contribution in [0, 0.1) is 0 Å². The van der Waals surface area contributed by atoms with Crippen LogP contribution in [0.2, 0.25) is 5.15 Å². The second-order valence-electron chi connectivity index (χ2n) is 5.36. The standard InChI is InChI=1S/C14H16ClN3O3S2/c1-2-17(10-5-8-23(20,21)9-10)12(19)4-3-11-13(15)16-14-18(11)6-7-22-14/h3-4,6-7,10H,2,5,8-9H2,1H3/b4-3+. The molecule has 2 aromatic rings. The number of carbonyl (C=O) groups is 1. The lowest BCUT2D eigenvalue weighted by atomic mass is 10.2. The zero-order valence-electron chi connectivity index (χ0n) is 12.5. The molecule has 0 aliphatic carbocycles. The van der Waals surface area contributed by atoms with Crippen LogP contribution < -0.4 is 0 Å². The Bertz CT molecular complexity index is 869. The number of thiazole rings is 1. The van der Waals surface area contributed by atoms with Crippen LogP contribution >= 0.6 is 22.9 Å². The molecule has 0 bridgehead atoms. The van der Waals surface area contributed by atoms with Crippen LogP contribution in [0.4, 0.5) is 0 Å². The third-order valence-corrected chi connectivity index (χ3v) is 6.70. The van der Waals surface area contributed by atoms with E-state index >= 15 is 0 Å². The zero-order chi connectivity index (χ0) is 16.6. The molecule has 1 unspecified atom stereocenters. The minimum Gasteiger partial charge on any atom is -0.335 e. The molecule has 6 nitrogen and oxygen atoms in total. The van der Waals surface area contributed by atoms with Crippen LogP contribution in [-0.2, 0) is 14.6 Å². The average molecular weight is 374 g/mol. The first kappa shape index (κ1) is 16.5. The molecule has 1 amide bonds. The fourth-order valence-corrected chi connectivity index (χ4v) is 5.52. The van der Waals surface area contributed by atoms with Gasteiger partial charge in [0, 0.05) is 30.2 Å². The van der Waals surface area contributed by atoms with Crippen LogP contribution in [0.15, 0.2) is 17.7 Å². The summed E-state index contributed by atoms with van der Waals surface area (Å²) in [5, 5.41) is 2.23. The van der Waals surface area contributed by atoms with Gasteiger partial charge in [0.1, 0.15) is 0 Å². The molecule has 0 aromatic carbocycles. The number of halogens is 1. The quantitative estimate of drug-likeness (QED) is 0.769. The van der Waals surface area contributed by atoms with Gasteiger partial charge in [-0.2, -0.15) is 0 Å². The van der Waals surface area contributed by atoms with Crippen molar-refractivity contribution in [1.82, 2.24) is 14.3 Å². The maximum absolute atomic E-state index is 12.4. The van der Waals surface area contributed by atoms with Gasteiger partial charge in [-0.15, -0.1) is 11.3 Å². The Morgan fingerprint density at radius 3 is 3.04 bits per heavy atom. The maximum Gasteiger partial charge on any atom is 0.246 e. The summed E-state index contributed by atoms with van der Waals surface area (Å²) in [6.07, 6.45) is 5.40. The molecule has 3 rings (SSSR count). The number of nitrogens with zero attached hydrogens (tertiary/aromatic N) is 3. The van der Waals surface area contributed by atoms with E-state index in [-0.39, 0.29) is 23.5 Å². The Balaban J connectivity index is 1.79. The van der Waals surface area contributed by atoms with Gasteiger partial charge >= 0.3 is 0 Å². The molecular weight excluding hydrogens is 358 g/mol. The van der Waals surface area contributed by atoms with Gasteiger partial charge < -0.3 is 4.90 Å². The van der Waals surface area contributed by atoms with Crippen molar-refractivity contribution in [3.63, 3.8) is 0 Å². The van der Waals surface area contributed by atoms with Gasteiger partial charge in [0.15, 0.2) is 20.0 Å². The summed E-state index contributed by atoms with van der Waals surface area (Å²) in [7, 11) is -3.02. The molecule has 1 fully saturated rings. The monoisotopic (exact) mass is 373 g/mol. The molecule has 1 saturated heterocycles. The topological polar surface area (TPSA) is 71.8 Å². The number of imidazole rings is 1. The highest BCUT2D eigenvalue weighted by molar-refractivity contribution is 7.91. The summed E-state index contributed by atoms with van der Waals surface area (Å²) in [6.45, 7) is 2.32. The lowest BCUT2D eigenvalue weighted by molar-refractivity contribution is -0.127. The average Bonchev–Trinajstić information content (AvgIpc) is 3.13. The highest BCUT2D eigenvalue weighted by Gasteiger charge is 2.33. The lowest BCUT2D eigenvalue weighted by Gasteiger charge is -2.25. The molecule has 0 radical (unpaired) electrons. The summed E-state index contributed by atoms with van der Waals surface area (Å²) in [5.41, 5.74) is 0.645. The van der Waals surface area contributed by atoms with Gasteiger partial charge in [0.2, 0.25) is 5.91 Å². The van der Waals surface area contributed by atoms with Crippen LogP contribution in [0.3, 0.4) is 0 Å². The van der Waals surface area contributed by atoms with Crippen LogP contribution in [0.5, 0.6) is 0 Å². The molecule has 23 heavy (non-hydrogen) atoms. The first-order chi connectivity index (χ1) is 10.9. The van der Waals surface area contributed by atoms with Crippen LogP contribution in [0.25, 0.3) is 11.0 Å². The Kier molecular flexibility index (Phi) is 4.48. The fourth-order valence-electron chi connectivity index (χ4n) is 2.79. The van der Waals surface area contributed by atoms with E-state index in [1.807, 2.05) is 22.9 Å². The van der Waals surface area contributed by atoms with Crippen LogP contribution in [-0.4, -0.2) is 52.7 Å². The molecule has 124 valence electrons. The third kappa shape index (κ3) is 3.29. The maximum atomic E-state index is 12.4. The van der Waals surface area contributed by atoms with Gasteiger partial charge in [0.05, 0.1) is 17.2 Å². The predicted molar refractivity (Wildman–Crippen MR) is 91.6 cm³/mol. The smallest absolute Gasteiger partial charge is 0.246 e. The van der Waals surface area contributed by atoms with Gasteiger partial charge in [-0.3, -0.25) is 9.20 Å². The summed E-state index contributed by atoms with van der Waals surface area (Å²) in [4.78, 5) is 19.0. The number of carbonyl (C=O) groups excluding carboxylic acids is 1. The van der Waals surface area contributed by atoms with Gasteiger partial charge in [-0.25, -0.2) is 13.4 Å². The highest BCUT2D eigenvalue weighted by Crippen LogP contribution is 2.23. The van der Waals surface area contributed by atoms with Crippen molar-refractivity contribution in [3.8, 4) is 0 Å². The molecule has 1 aliphatic heterocycles. The van der Waals surface area contributed by atoms with Crippen molar-refractivity contribution >= 4 is 49.7 Å². The number of aromatic nitrogens is 2. The Labute approximate surface area is 143 Å². The lowest BCUT2D eigenvalue weighted by Crippen LogP contribution is -2.40. The summed E-state index contributed by atoms with van der Waals surface area (Å²) in [5.74, 6) is -0.0199. The van der Waals surface area contributed by atoms with E-state index in [1.165, 1.54) is 17.4 Å². The molecule has 2 aromatic heterocycles. The van der Waals surface area contributed by atoms with Gasteiger partial charge in [-0.05, 0) is 19.4 Å². The Morgan fingerprint density at radius 1 is 1.61 bits per heavy atom. The fraction of sp³-hybridized carbons (Fsp3) is 0.429. The molecule has 1 atom stereocenters. The highest BCUT2D eigenvalue weighted by atomic mass is 35.5. The molecule has 1 aliphatic rings. The van der Waals surface area contributed by atoms with Gasteiger partial charge in [-0.1, -0.05) is 11.6 Å². The first-order valence-corrected chi connectivity index (χ1v) is 10.3. The number of likely N-dealkylation sites (N-methyl/N-ethyl adjacent to an activating group) is 1. The zero-order valence-corrected chi connectivity index (χ0v) is 14.9. The van der Waals surface area contributed by atoms with Crippen molar-refractivity contribution in [1.29, 1.82) is 0 Å². The van der Waals surface area contributed by atoms with E-state index in [1.54, 1.807) is 11.0 Å². The number of hydrogen-bond acceptors (Lipinski definition) is 5. The van der Waals surface area contributed by atoms with E-state index in [0.717, 1.165) is 4.96 Å². The predicted octanol–water partition coefficient (Wildman–Crippen LogP) is 2.10. The van der Waals surface area contributed by atoms with Crippen molar-refractivity contribution in [3.05, 3.63) is 28.5 Å². The summed E-state index contributed by atoms with van der Waals surface area (Å²) >= 11 is 7.55. The second kappa shape index (κ2) is 6.26. The Morgan fingerprint density at radius 2 is 2.39 bits per heavy atom. The molecular formula is C14H16ClN3O3S2. The molecule has 0 spiro atoms. The van der Waals surface area contributed by atoms with E-state index in [2.05, 4.69) is 4.98 Å².